The van der Waals surface area contributed by atoms with Gasteiger partial charge in [0.1, 0.15) is 12.4 Å². The Bertz CT molecular complexity index is 673. The Kier molecular flexibility index (Phi) is 5.88. The van der Waals surface area contributed by atoms with E-state index >= 15 is 0 Å². The van der Waals surface area contributed by atoms with E-state index in [4.69, 9.17) is 4.74 Å². The Morgan fingerprint density at radius 2 is 2.12 bits per heavy atom. The highest BCUT2D eigenvalue weighted by atomic mass is 16.6. The number of amides is 1. The molecule has 25 heavy (non-hydrogen) atoms. The Morgan fingerprint density at radius 3 is 2.84 bits per heavy atom. The Balaban J connectivity index is 1.60. The van der Waals surface area contributed by atoms with E-state index in [1.54, 1.807) is 0 Å². The van der Waals surface area contributed by atoms with Gasteiger partial charge < -0.3 is 15.0 Å². The first-order valence-electron chi connectivity index (χ1n) is 8.95. The molecule has 1 atom stereocenters. The fourth-order valence-electron chi connectivity index (χ4n) is 3.09. The molecule has 0 aliphatic carbocycles. The predicted molar refractivity (Wildman–Crippen MR) is 98.3 cm³/mol. The largest absolute Gasteiger partial charge is 0.445 e. The predicted octanol–water partition coefficient (Wildman–Crippen LogP) is 4.38. The summed E-state index contributed by atoms with van der Waals surface area (Å²) in [5.74, 6) is 0.877. The van der Waals surface area contributed by atoms with Gasteiger partial charge in [-0.15, -0.1) is 0 Å². The third-order valence-corrected chi connectivity index (χ3v) is 4.42. The zero-order valence-electron chi connectivity index (χ0n) is 14.6. The lowest BCUT2D eigenvalue weighted by Crippen LogP contribution is -2.31. The highest BCUT2D eigenvalue weighted by Crippen LogP contribution is 2.32. The van der Waals surface area contributed by atoms with E-state index in [2.05, 4.69) is 23.3 Å². The minimum absolute atomic E-state index is 0.0519. The van der Waals surface area contributed by atoms with E-state index in [0.29, 0.717) is 6.61 Å². The number of aromatic nitrogens is 1. The standard InChI is InChI=1S/C20H25N3O2/c1-2-12-21-19-11-10-17(14-22-19)18-9-6-13-23(18)20(24)25-15-16-7-4-3-5-8-16/h3-5,7-8,10-11,14,18H,2,6,9,12-13,15H2,1H3,(H,21,22). The second kappa shape index (κ2) is 8.51. The third kappa shape index (κ3) is 4.50. The van der Waals surface area contributed by atoms with Crippen molar-refractivity contribution in [2.45, 2.75) is 38.8 Å². The molecule has 0 saturated carbocycles. The van der Waals surface area contributed by atoms with Gasteiger partial charge in [-0.3, -0.25) is 0 Å². The van der Waals surface area contributed by atoms with E-state index in [1.807, 2.05) is 47.5 Å². The third-order valence-electron chi connectivity index (χ3n) is 4.42. The summed E-state index contributed by atoms with van der Waals surface area (Å²) in [4.78, 5) is 18.8. The monoisotopic (exact) mass is 339 g/mol. The van der Waals surface area contributed by atoms with Gasteiger partial charge in [0.05, 0.1) is 6.04 Å². The highest BCUT2D eigenvalue weighted by Gasteiger charge is 2.31. The zero-order valence-corrected chi connectivity index (χ0v) is 14.6. The van der Waals surface area contributed by atoms with Crippen molar-refractivity contribution in [3.8, 4) is 0 Å². The van der Waals surface area contributed by atoms with Crippen LogP contribution in [0.3, 0.4) is 0 Å². The number of nitrogens with zero attached hydrogens (tertiary/aromatic N) is 2. The number of benzene rings is 1. The van der Waals surface area contributed by atoms with E-state index < -0.39 is 0 Å². The molecule has 1 aromatic heterocycles. The van der Waals surface area contributed by atoms with Crippen molar-refractivity contribution in [3.63, 3.8) is 0 Å². The first-order chi connectivity index (χ1) is 12.3. The van der Waals surface area contributed by atoms with Crippen LogP contribution in [0.25, 0.3) is 0 Å². The van der Waals surface area contributed by atoms with Crippen molar-refractivity contribution >= 4 is 11.9 Å². The van der Waals surface area contributed by atoms with Crippen molar-refractivity contribution in [2.24, 2.45) is 0 Å². The van der Waals surface area contributed by atoms with Crippen LogP contribution >= 0.6 is 0 Å². The van der Waals surface area contributed by atoms with Gasteiger partial charge in [0, 0.05) is 19.3 Å². The minimum Gasteiger partial charge on any atom is -0.445 e. The maximum absolute atomic E-state index is 12.5. The lowest BCUT2D eigenvalue weighted by Gasteiger charge is -2.24. The van der Waals surface area contributed by atoms with Crippen LogP contribution in [0.2, 0.25) is 0 Å². The van der Waals surface area contributed by atoms with Crippen molar-refractivity contribution in [1.82, 2.24) is 9.88 Å². The number of rotatable bonds is 6. The minimum atomic E-state index is -0.250. The normalized spacial score (nSPS) is 16.7. The molecule has 1 fully saturated rings. The van der Waals surface area contributed by atoms with Crippen LogP contribution in [0.15, 0.2) is 48.7 Å². The van der Waals surface area contributed by atoms with Crippen LogP contribution < -0.4 is 5.32 Å². The number of carbonyl (C=O) groups excluding carboxylic acids is 1. The first-order valence-corrected chi connectivity index (χ1v) is 8.95. The summed E-state index contributed by atoms with van der Waals surface area (Å²) in [5.41, 5.74) is 2.07. The molecule has 1 aliphatic rings. The van der Waals surface area contributed by atoms with Gasteiger partial charge in [0.2, 0.25) is 0 Å². The van der Waals surface area contributed by atoms with Crippen LogP contribution in [-0.4, -0.2) is 29.1 Å². The van der Waals surface area contributed by atoms with E-state index in [-0.39, 0.29) is 12.1 Å². The van der Waals surface area contributed by atoms with Gasteiger partial charge in [-0.1, -0.05) is 43.3 Å². The Morgan fingerprint density at radius 1 is 1.28 bits per heavy atom. The SMILES string of the molecule is CCCNc1ccc(C2CCCN2C(=O)OCc2ccccc2)cn1. The zero-order chi connectivity index (χ0) is 17.5. The van der Waals surface area contributed by atoms with Crippen molar-refractivity contribution in [2.75, 3.05) is 18.4 Å². The van der Waals surface area contributed by atoms with Gasteiger partial charge in [0.25, 0.3) is 0 Å². The molecule has 1 N–H and O–H groups in total. The van der Waals surface area contributed by atoms with Gasteiger partial charge in [0.15, 0.2) is 0 Å². The summed E-state index contributed by atoms with van der Waals surface area (Å²) in [6.45, 7) is 4.07. The van der Waals surface area contributed by atoms with Crippen molar-refractivity contribution < 1.29 is 9.53 Å². The highest BCUT2D eigenvalue weighted by molar-refractivity contribution is 5.68. The van der Waals surface area contributed by atoms with E-state index in [1.165, 1.54) is 0 Å². The summed E-state index contributed by atoms with van der Waals surface area (Å²) < 4.78 is 5.49. The molecule has 132 valence electrons. The molecule has 5 nitrogen and oxygen atoms in total. The Labute approximate surface area is 149 Å². The first kappa shape index (κ1) is 17.3. The molecule has 1 amide bonds. The van der Waals surface area contributed by atoms with Crippen LogP contribution in [0, 0.1) is 0 Å². The molecule has 1 saturated heterocycles. The molecular weight excluding hydrogens is 314 g/mol. The van der Waals surface area contributed by atoms with E-state index in [0.717, 1.165) is 49.3 Å². The molecule has 0 spiro atoms. The number of carbonyl (C=O) groups is 1. The summed E-state index contributed by atoms with van der Waals surface area (Å²) >= 11 is 0. The maximum atomic E-state index is 12.5. The van der Waals surface area contributed by atoms with Crippen LogP contribution in [-0.2, 0) is 11.3 Å². The second-order valence-corrected chi connectivity index (χ2v) is 6.30. The molecule has 2 aromatic rings. The lowest BCUT2D eigenvalue weighted by molar-refractivity contribution is 0.0920. The van der Waals surface area contributed by atoms with Gasteiger partial charge in [-0.25, -0.2) is 9.78 Å². The number of nitrogens with one attached hydrogen (secondary N) is 1. The summed E-state index contributed by atoms with van der Waals surface area (Å²) in [6, 6.07) is 13.9. The molecule has 0 bridgehead atoms. The van der Waals surface area contributed by atoms with Gasteiger partial charge in [-0.05, 0) is 36.5 Å². The molecule has 3 rings (SSSR count). The average molecular weight is 339 g/mol. The molecule has 2 heterocycles. The number of anilines is 1. The quantitative estimate of drug-likeness (QED) is 0.849. The summed E-state index contributed by atoms with van der Waals surface area (Å²) in [6.07, 6.45) is 4.61. The van der Waals surface area contributed by atoms with E-state index in [9.17, 15) is 4.79 Å². The lowest BCUT2D eigenvalue weighted by atomic mass is 10.1. The second-order valence-electron chi connectivity index (χ2n) is 6.30. The fraction of sp³-hybridized carbons (Fsp3) is 0.400. The van der Waals surface area contributed by atoms with Gasteiger partial charge >= 0.3 is 6.09 Å². The number of pyridine rings is 1. The summed E-state index contributed by atoms with van der Waals surface area (Å²) in [7, 11) is 0. The molecule has 0 radical (unpaired) electrons. The van der Waals surface area contributed by atoms with Crippen molar-refractivity contribution in [3.05, 3.63) is 59.8 Å². The smallest absolute Gasteiger partial charge is 0.410 e. The molecule has 1 unspecified atom stereocenters. The number of ether oxygens (including phenoxy) is 1. The van der Waals surface area contributed by atoms with Crippen LogP contribution in [0.1, 0.15) is 43.4 Å². The molecule has 5 heteroatoms. The maximum Gasteiger partial charge on any atom is 0.410 e. The van der Waals surface area contributed by atoms with Gasteiger partial charge in [-0.2, -0.15) is 0 Å². The average Bonchev–Trinajstić information content (AvgIpc) is 3.15. The van der Waals surface area contributed by atoms with Crippen LogP contribution in [0.5, 0.6) is 0 Å². The molecular formula is C20H25N3O2. The number of hydrogen-bond acceptors (Lipinski definition) is 4. The number of hydrogen-bond donors (Lipinski definition) is 1. The molecule has 1 aliphatic heterocycles. The summed E-state index contributed by atoms with van der Waals surface area (Å²) in [5, 5.41) is 3.27. The fourth-order valence-corrected chi connectivity index (χ4v) is 3.09. The Hall–Kier alpha value is -2.56. The topological polar surface area (TPSA) is 54.5 Å². The molecule has 1 aromatic carbocycles. The van der Waals surface area contributed by atoms with Crippen molar-refractivity contribution in [1.29, 1.82) is 0 Å². The van der Waals surface area contributed by atoms with Crippen LogP contribution in [0.4, 0.5) is 10.6 Å². The number of likely N-dealkylation sites (tertiary alicyclic amines) is 1.